The molecule has 0 aliphatic heterocycles. The molecule has 0 saturated heterocycles. The zero-order chi connectivity index (χ0) is 12.8. The second-order valence-corrected chi connectivity index (χ2v) is 4.19. The van der Waals surface area contributed by atoms with Crippen LogP contribution in [0.1, 0.15) is 31.4 Å². The van der Waals surface area contributed by atoms with Gasteiger partial charge in [0, 0.05) is 5.56 Å². The van der Waals surface area contributed by atoms with Crippen molar-refractivity contribution in [2.75, 3.05) is 0 Å². The largest absolute Gasteiger partial charge is 0.490 e. The quantitative estimate of drug-likeness (QED) is 0.605. The fraction of sp³-hybridized carbons (Fsp3) is 0.462. The average molecular weight is 235 g/mol. The van der Waals surface area contributed by atoms with E-state index in [0.717, 1.165) is 23.3 Å². The molecule has 4 nitrogen and oxygen atoms in total. The second kappa shape index (κ2) is 6.13. The van der Waals surface area contributed by atoms with Crippen molar-refractivity contribution < 1.29 is 4.74 Å². The highest BCUT2D eigenvalue weighted by Crippen LogP contribution is 2.23. The van der Waals surface area contributed by atoms with Crippen LogP contribution in [0.25, 0.3) is 0 Å². The minimum atomic E-state index is 0.0973. The third-order valence-corrected chi connectivity index (χ3v) is 2.56. The Bertz CT molecular complexity index is 398. The number of guanidine groups is 1. The van der Waals surface area contributed by atoms with Crippen LogP contribution in [-0.4, -0.2) is 12.1 Å². The minimum Gasteiger partial charge on any atom is -0.490 e. The molecule has 94 valence electrons. The van der Waals surface area contributed by atoms with E-state index in [-0.39, 0.29) is 12.1 Å². The van der Waals surface area contributed by atoms with Gasteiger partial charge in [-0.2, -0.15) is 0 Å². The van der Waals surface area contributed by atoms with Crippen molar-refractivity contribution >= 4 is 5.96 Å². The summed E-state index contributed by atoms with van der Waals surface area (Å²) in [6, 6.07) is 6.05. The molecule has 1 aromatic rings. The first-order chi connectivity index (χ1) is 8.02. The lowest BCUT2D eigenvalue weighted by molar-refractivity contribution is 0.215. The SMILES string of the molecule is CCC(C)Oc1cc(C)ccc1CN=C(N)N. The molecule has 0 radical (unpaired) electrons. The number of nitrogens with zero attached hydrogens (tertiary/aromatic N) is 1. The fourth-order valence-electron chi connectivity index (χ4n) is 1.38. The highest BCUT2D eigenvalue weighted by Gasteiger charge is 2.07. The van der Waals surface area contributed by atoms with Crippen LogP contribution >= 0.6 is 0 Å². The Morgan fingerprint density at radius 1 is 1.41 bits per heavy atom. The average Bonchev–Trinajstić information content (AvgIpc) is 2.27. The molecule has 0 fully saturated rings. The number of rotatable bonds is 5. The van der Waals surface area contributed by atoms with Crippen molar-refractivity contribution in [2.45, 2.75) is 39.8 Å². The van der Waals surface area contributed by atoms with Crippen LogP contribution in [0.15, 0.2) is 23.2 Å². The molecule has 0 amide bonds. The Balaban J connectivity index is 2.91. The van der Waals surface area contributed by atoms with E-state index in [1.807, 2.05) is 32.0 Å². The van der Waals surface area contributed by atoms with E-state index in [0.29, 0.717) is 6.54 Å². The number of aryl methyl sites for hydroxylation is 1. The number of benzene rings is 1. The molecule has 1 atom stereocenters. The van der Waals surface area contributed by atoms with Crippen molar-refractivity contribution in [3.63, 3.8) is 0 Å². The Kier molecular flexibility index (Phi) is 4.82. The van der Waals surface area contributed by atoms with E-state index in [9.17, 15) is 0 Å². The van der Waals surface area contributed by atoms with E-state index in [1.165, 1.54) is 0 Å². The predicted octanol–water partition coefficient (Wildman–Crippen LogP) is 1.95. The third kappa shape index (κ3) is 4.34. The van der Waals surface area contributed by atoms with Crippen molar-refractivity contribution in [2.24, 2.45) is 16.5 Å². The maximum atomic E-state index is 5.86. The molecule has 0 bridgehead atoms. The third-order valence-electron chi connectivity index (χ3n) is 2.56. The summed E-state index contributed by atoms with van der Waals surface area (Å²) in [5.41, 5.74) is 12.8. The van der Waals surface area contributed by atoms with Crippen molar-refractivity contribution in [1.82, 2.24) is 0 Å². The number of aliphatic imine (C=N–C) groups is 1. The van der Waals surface area contributed by atoms with E-state index in [1.54, 1.807) is 0 Å². The Hall–Kier alpha value is -1.71. The molecule has 0 saturated carbocycles. The van der Waals surface area contributed by atoms with E-state index >= 15 is 0 Å². The monoisotopic (exact) mass is 235 g/mol. The van der Waals surface area contributed by atoms with Gasteiger partial charge < -0.3 is 16.2 Å². The molecule has 4 N–H and O–H groups in total. The van der Waals surface area contributed by atoms with Gasteiger partial charge >= 0.3 is 0 Å². The number of hydrogen-bond donors (Lipinski definition) is 2. The fourth-order valence-corrected chi connectivity index (χ4v) is 1.38. The smallest absolute Gasteiger partial charge is 0.186 e. The summed E-state index contributed by atoms with van der Waals surface area (Å²) >= 11 is 0. The van der Waals surface area contributed by atoms with Crippen LogP contribution in [0.5, 0.6) is 5.75 Å². The van der Waals surface area contributed by atoms with Gasteiger partial charge in [-0.15, -0.1) is 0 Å². The molecular formula is C13H21N3O. The van der Waals surface area contributed by atoms with Gasteiger partial charge in [0.2, 0.25) is 0 Å². The molecular weight excluding hydrogens is 214 g/mol. The molecule has 0 spiro atoms. The number of hydrogen-bond acceptors (Lipinski definition) is 2. The maximum Gasteiger partial charge on any atom is 0.186 e. The molecule has 0 aliphatic carbocycles. The molecule has 0 heterocycles. The summed E-state index contributed by atoms with van der Waals surface area (Å²) in [4.78, 5) is 4.01. The summed E-state index contributed by atoms with van der Waals surface area (Å²) in [5.74, 6) is 0.962. The van der Waals surface area contributed by atoms with Gasteiger partial charge in [0.05, 0.1) is 12.6 Å². The summed E-state index contributed by atoms with van der Waals surface area (Å²) in [7, 11) is 0. The molecule has 0 aliphatic rings. The summed E-state index contributed by atoms with van der Waals surface area (Å²) in [6.07, 6.45) is 1.16. The highest BCUT2D eigenvalue weighted by atomic mass is 16.5. The van der Waals surface area contributed by atoms with Crippen molar-refractivity contribution in [3.05, 3.63) is 29.3 Å². The van der Waals surface area contributed by atoms with Crippen LogP contribution in [0, 0.1) is 6.92 Å². The van der Waals surface area contributed by atoms with Crippen LogP contribution < -0.4 is 16.2 Å². The summed E-state index contributed by atoms with van der Waals surface area (Å²) in [5, 5.41) is 0. The summed E-state index contributed by atoms with van der Waals surface area (Å²) in [6.45, 7) is 6.63. The van der Waals surface area contributed by atoms with E-state index < -0.39 is 0 Å². The first-order valence-corrected chi connectivity index (χ1v) is 5.84. The summed E-state index contributed by atoms with van der Waals surface area (Å²) < 4.78 is 5.86. The molecule has 1 unspecified atom stereocenters. The Morgan fingerprint density at radius 2 is 2.12 bits per heavy atom. The highest BCUT2D eigenvalue weighted by molar-refractivity contribution is 5.75. The van der Waals surface area contributed by atoms with E-state index in [4.69, 9.17) is 16.2 Å². The molecule has 0 aromatic heterocycles. The zero-order valence-electron chi connectivity index (χ0n) is 10.7. The normalized spacial score (nSPS) is 11.9. The van der Waals surface area contributed by atoms with E-state index in [2.05, 4.69) is 11.9 Å². The van der Waals surface area contributed by atoms with Crippen LogP contribution in [0.2, 0.25) is 0 Å². The van der Waals surface area contributed by atoms with Crippen LogP contribution in [0.3, 0.4) is 0 Å². The second-order valence-electron chi connectivity index (χ2n) is 4.19. The van der Waals surface area contributed by atoms with Gasteiger partial charge in [0.25, 0.3) is 0 Å². The Labute approximate surface area is 103 Å². The molecule has 1 rings (SSSR count). The Morgan fingerprint density at radius 3 is 2.71 bits per heavy atom. The lowest BCUT2D eigenvalue weighted by Gasteiger charge is -2.16. The first kappa shape index (κ1) is 13.4. The topological polar surface area (TPSA) is 73.6 Å². The molecule has 1 aromatic carbocycles. The lowest BCUT2D eigenvalue weighted by atomic mass is 10.1. The van der Waals surface area contributed by atoms with Crippen LogP contribution in [-0.2, 0) is 6.54 Å². The lowest BCUT2D eigenvalue weighted by Crippen LogP contribution is -2.22. The van der Waals surface area contributed by atoms with Crippen molar-refractivity contribution in [3.8, 4) is 5.75 Å². The number of nitrogens with two attached hydrogens (primary N) is 2. The van der Waals surface area contributed by atoms with Crippen LogP contribution in [0.4, 0.5) is 0 Å². The standard InChI is InChI=1S/C13H21N3O/c1-4-10(3)17-12-7-9(2)5-6-11(12)8-16-13(14)15/h5-7,10H,4,8H2,1-3H3,(H4,14,15,16). The molecule has 17 heavy (non-hydrogen) atoms. The molecule has 4 heteroatoms. The van der Waals surface area contributed by atoms with Gasteiger partial charge in [-0.1, -0.05) is 19.1 Å². The van der Waals surface area contributed by atoms with Gasteiger partial charge in [0.1, 0.15) is 5.75 Å². The predicted molar refractivity (Wildman–Crippen MR) is 71.1 cm³/mol. The number of ether oxygens (including phenoxy) is 1. The maximum absolute atomic E-state index is 5.86. The van der Waals surface area contributed by atoms with Gasteiger partial charge in [-0.05, 0) is 31.9 Å². The first-order valence-electron chi connectivity index (χ1n) is 5.84. The van der Waals surface area contributed by atoms with Gasteiger partial charge in [-0.3, -0.25) is 0 Å². The van der Waals surface area contributed by atoms with Crippen molar-refractivity contribution in [1.29, 1.82) is 0 Å². The van der Waals surface area contributed by atoms with Gasteiger partial charge in [0.15, 0.2) is 5.96 Å². The zero-order valence-corrected chi connectivity index (χ0v) is 10.7. The van der Waals surface area contributed by atoms with Gasteiger partial charge in [-0.25, -0.2) is 4.99 Å². The minimum absolute atomic E-state index is 0.0973.